The van der Waals surface area contributed by atoms with Crippen LogP contribution in [0.1, 0.15) is 22.3 Å². The summed E-state index contributed by atoms with van der Waals surface area (Å²) in [6.45, 7) is 0.548. The van der Waals surface area contributed by atoms with Gasteiger partial charge in [0.05, 0.1) is 24.4 Å². The van der Waals surface area contributed by atoms with Crippen LogP contribution in [0.5, 0.6) is 0 Å². The number of amides is 1. The minimum atomic E-state index is -0.958. The first-order valence-electron chi connectivity index (χ1n) is 10.7. The largest absolute Gasteiger partial charge is 0.481 e. The molecule has 1 amide bonds. The van der Waals surface area contributed by atoms with E-state index in [2.05, 4.69) is 21.2 Å². The van der Waals surface area contributed by atoms with Crippen LogP contribution in [-0.4, -0.2) is 33.3 Å². The maximum absolute atomic E-state index is 12.2. The molecule has 0 atom stereocenters. The average Bonchev–Trinajstić information content (AvgIpc) is 3.22. The summed E-state index contributed by atoms with van der Waals surface area (Å²) in [6.07, 6.45) is -0.123. The van der Waals surface area contributed by atoms with E-state index in [1.54, 1.807) is 18.2 Å². The molecule has 6 nitrogen and oxygen atoms in total. The van der Waals surface area contributed by atoms with Gasteiger partial charge in [-0.3, -0.25) is 14.3 Å². The Kier molecular flexibility index (Phi) is 7.90. The molecule has 35 heavy (non-hydrogen) atoms. The molecule has 2 N–H and O–H groups in total. The molecule has 1 aromatic heterocycles. The van der Waals surface area contributed by atoms with Gasteiger partial charge in [-0.25, -0.2) is 0 Å². The van der Waals surface area contributed by atoms with Gasteiger partial charge in [0.15, 0.2) is 0 Å². The van der Waals surface area contributed by atoms with Gasteiger partial charge in [-0.1, -0.05) is 63.4 Å². The van der Waals surface area contributed by atoms with Crippen molar-refractivity contribution in [1.29, 1.82) is 0 Å². The fourth-order valence-corrected chi connectivity index (χ4v) is 4.51. The van der Waals surface area contributed by atoms with Gasteiger partial charge in [-0.2, -0.15) is 5.10 Å². The minimum absolute atomic E-state index is 0.0789. The minimum Gasteiger partial charge on any atom is -0.481 e. The normalized spacial score (nSPS) is 10.8. The Hall–Kier alpha value is -3.13. The Labute approximate surface area is 220 Å². The molecule has 1 heterocycles. The van der Waals surface area contributed by atoms with E-state index in [4.69, 9.17) is 33.4 Å². The molecule has 0 aliphatic heterocycles. The smallest absolute Gasteiger partial charge is 0.305 e. The van der Waals surface area contributed by atoms with Crippen LogP contribution in [0, 0.1) is 0 Å². The highest BCUT2D eigenvalue weighted by Crippen LogP contribution is 2.31. The zero-order chi connectivity index (χ0) is 24.9. The number of carbonyl (C=O) groups excluding carboxylic acids is 1. The highest BCUT2D eigenvalue weighted by molar-refractivity contribution is 9.10. The first-order chi connectivity index (χ1) is 16.8. The van der Waals surface area contributed by atoms with E-state index in [0.29, 0.717) is 22.2 Å². The number of carboxylic acid groups (broad SMARTS) is 1. The quantitative estimate of drug-likeness (QED) is 0.251. The fourth-order valence-electron chi connectivity index (χ4n) is 3.58. The van der Waals surface area contributed by atoms with Crippen molar-refractivity contribution >= 4 is 51.0 Å². The summed E-state index contributed by atoms with van der Waals surface area (Å²) in [5, 5.41) is 17.2. The topological polar surface area (TPSA) is 84.2 Å². The number of nitrogens with zero attached hydrogens (tertiary/aromatic N) is 2. The lowest BCUT2D eigenvalue weighted by molar-refractivity contribution is -0.136. The molecule has 0 bridgehead atoms. The predicted octanol–water partition coefficient (Wildman–Crippen LogP) is 6.54. The van der Waals surface area contributed by atoms with E-state index in [9.17, 15) is 9.59 Å². The molecule has 178 valence electrons. The van der Waals surface area contributed by atoms with E-state index >= 15 is 0 Å². The summed E-state index contributed by atoms with van der Waals surface area (Å²) in [4.78, 5) is 22.9. The van der Waals surface area contributed by atoms with Crippen LogP contribution in [0.15, 0.2) is 77.3 Å². The van der Waals surface area contributed by atoms with Crippen molar-refractivity contribution < 1.29 is 14.7 Å². The molecular formula is C26H20BrCl2N3O3. The summed E-state index contributed by atoms with van der Waals surface area (Å²) in [5.74, 6) is -1.27. The second-order valence-electron chi connectivity index (χ2n) is 7.84. The lowest BCUT2D eigenvalue weighted by Gasteiger charge is -2.09. The molecule has 0 saturated carbocycles. The second-order valence-corrected chi connectivity index (χ2v) is 9.63. The molecule has 0 fully saturated rings. The van der Waals surface area contributed by atoms with E-state index in [1.807, 2.05) is 59.3 Å². The summed E-state index contributed by atoms with van der Waals surface area (Å²) in [7, 11) is 0. The molecule has 9 heteroatoms. The molecule has 0 aliphatic rings. The number of aromatic nitrogens is 2. The van der Waals surface area contributed by atoms with E-state index < -0.39 is 5.97 Å². The van der Waals surface area contributed by atoms with Gasteiger partial charge < -0.3 is 10.4 Å². The molecule has 0 spiro atoms. The average molecular weight is 573 g/mol. The van der Waals surface area contributed by atoms with Crippen molar-refractivity contribution in [2.45, 2.75) is 13.0 Å². The van der Waals surface area contributed by atoms with Crippen molar-refractivity contribution in [2.24, 2.45) is 0 Å². The number of carbonyl (C=O) groups is 2. The number of halogens is 3. The molecule has 0 unspecified atom stereocenters. The molecule has 0 radical (unpaired) electrons. The maximum Gasteiger partial charge on any atom is 0.305 e. The van der Waals surface area contributed by atoms with Crippen LogP contribution in [0.4, 0.5) is 0 Å². The number of hydrogen-bond acceptors (Lipinski definition) is 3. The third-order valence-electron chi connectivity index (χ3n) is 5.23. The fraction of sp³-hybridized carbons (Fsp3) is 0.115. The van der Waals surface area contributed by atoms with E-state index in [0.717, 1.165) is 32.6 Å². The first-order valence-corrected chi connectivity index (χ1v) is 12.2. The zero-order valence-electron chi connectivity index (χ0n) is 18.3. The lowest BCUT2D eigenvalue weighted by atomic mass is 10.1. The monoisotopic (exact) mass is 571 g/mol. The third-order valence-corrected chi connectivity index (χ3v) is 6.16. The third kappa shape index (κ3) is 6.51. The number of benzene rings is 3. The van der Waals surface area contributed by atoms with Gasteiger partial charge in [-0.15, -0.1) is 0 Å². The highest BCUT2D eigenvalue weighted by Gasteiger charge is 2.14. The van der Waals surface area contributed by atoms with Gasteiger partial charge in [-0.05, 0) is 54.1 Å². The second kappa shape index (κ2) is 11.1. The molecular weight excluding hydrogens is 553 g/mol. The van der Waals surface area contributed by atoms with Gasteiger partial charge >= 0.3 is 5.97 Å². The standard InChI is InChI=1S/C26H20BrCl2N3O3/c27-20-3-1-2-18(10-20)24-14-23(19-11-21(28)13-22(29)12-19)31-32(24)15-16-4-6-17(7-5-16)26(35)30-9-8-25(33)34/h1-7,10-14H,8-9,15H2,(H,30,35)(H,33,34). The SMILES string of the molecule is O=C(O)CCNC(=O)c1ccc(Cn2nc(-c3cc(Cl)cc(Cl)c3)cc2-c2cccc(Br)c2)cc1. The summed E-state index contributed by atoms with van der Waals surface area (Å²) >= 11 is 16.0. The van der Waals surface area contributed by atoms with Crippen molar-refractivity contribution in [3.63, 3.8) is 0 Å². The van der Waals surface area contributed by atoms with Crippen molar-refractivity contribution in [1.82, 2.24) is 15.1 Å². The Morgan fingerprint density at radius 3 is 2.31 bits per heavy atom. The van der Waals surface area contributed by atoms with Gasteiger partial charge in [0.1, 0.15) is 0 Å². The Morgan fingerprint density at radius 1 is 0.943 bits per heavy atom. The van der Waals surface area contributed by atoms with Crippen LogP contribution in [-0.2, 0) is 11.3 Å². The Morgan fingerprint density at radius 2 is 1.66 bits per heavy atom. The number of carboxylic acids is 1. The van der Waals surface area contributed by atoms with Crippen LogP contribution in [0.2, 0.25) is 10.0 Å². The summed E-state index contributed by atoms with van der Waals surface area (Å²) in [5.41, 5.74) is 4.85. The number of nitrogens with one attached hydrogen (secondary N) is 1. The highest BCUT2D eigenvalue weighted by atomic mass is 79.9. The van der Waals surface area contributed by atoms with Gasteiger partial charge in [0.25, 0.3) is 5.91 Å². The lowest BCUT2D eigenvalue weighted by Crippen LogP contribution is -2.25. The van der Waals surface area contributed by atoms with Crippen LogP contribution >= 0.6 is 39.1 Å². The van der Waals surface area contributed by atoms with E-state index in [1.165, 1.54) is 0 Å². The summed E-state index contributed by atoms with van der Waals surface area (Å²) < 4.78 is 2.85. The van der Waals surface area contributed by atoms with Gasteiger partial charge in [0, 0.05) is 37.8 Å². The van der Waals surface area contributed by atoms with Gasteiger partial charge in [0.2, 0.25) is 0 Å². The molecule has 0 saturated heterocycles. The number of aliphatic carboxylic acids is 1. The molecule has 3 aromatic carbocycles. The Balaban J connectivity index is 1.62. The van der Waals surface area contributed by atoms with Crippen LogP contribution < -0.4 is 5.32 Å². The first kappa shape index (κ1) is 25.0. The van der Waals surface area contributed by atoms with Crippen molar-refractivity contribution in [3.8, 4) is 22.5 Å². The molecule has 0 aliphatic carbocycles. The van der Waals surface area contributed by atoms with Crippen LogP contribution in [0.25, 0.3) is 22.5 Å². The molecule has 4 aromatic rings. The summed E-state index contributed by atoms with van der Waals surface area (Å²) in [6, 6.07) is 22.4. The predicted molar refractivity (Wildman–Crippen MR) is 141 cm³/mol. The van der Waals surface area contributed by atoms with Crippen LogP contribution in [0.3, 0.4) is 0 Å². The zero-order valence-corrected chi connectivity index (χ0v) is 21.4. The van der Waals surface area contributed by atoms with Crippen molar-refractivity contribution in [3.05, 3.63) is 98.4 Å². The van der Waals surface area contributed by atoms with Crippen molar-refractivity contribution in [2.75, 3.05) is 6.54 Å². The number of rotatable bonds is 8. The van der Waals surface area contributed by atoms with E-state index in [-0.39, 0.29) is 18.9 Å². The maximum atomic E-state index is 12.2. The molecule has 4 rings (SSSR count). The Bertz CT molecular complexity index is 1370. The number of hydrogen-bond donors (Lipinski definition) is 2.